The van der Waals surface area contributed by atoms with Crippen molar-refractivity contribution >= 4 is 18.1 Å². The summed E-state index contributed by atoms with van der Waals surface area (Å²) in [5, 5.41) is 4.20. The lowest BCUT2D eigenvalue weighted by atomic mass is 10.1. The van der Waals surface area contributed by atoms with Gasteiger partial charge < -0.3 is 13.9 Å². The van der Waals surface area contributed by atoms with Crippen molar-refractivity contribution in [2.24, 2.45) is 5.10 Å². The number of amides is 1. The number of para-hydroxylation sites is 1. The van der Waals surface area contributed by atoms with Gasteiger partial charge in [-0.2, -0.15) is 5.10 Å². The summed E-state index contributed by atoms with van der Waals surface area (Å²) < 4.78 is 9.04. The highest BCUT2D eigenvalue weighted by molar-refractivity contribution is 5.98. The number of benzene rings is 2. The van der Waals surface area contributed by atoms with Crippen LogP contribution in [0.5, 0.6) is 0 Å². The maximum absolute atomic E-state index is 12.8. The van der Waals surface area contributed by atoms with Gasteiger partial charge in [-0.25, -0.2) is 10.2 Å². The minimum Gasteiger partial charge on any atom is -0.462 e. The summed E-state index contributed by atoms with van der Waals surface area (Å²) >= 11 is 0. The van der Waals surface area contributed by atoms with Gasteiger partial charge in [-0.1, -0.05) is 18.2 Å². The molecule has 0 radical (unpaired) electrons. The Kier molecular flexibility index (Phi) is 6.73. The van der Waals surface area contributed by atoms with E-state index in [1.807, 2.05) is 83.9 Å². The molecule has 0 bridgehead atoms. The number of esters is 1. The quantitative estimate of drug-likeness (QED) is 0.247. The molecule has 0 aliphatic carbocycles. The van der Waals surface area contributed by atoms with Gasteiger partial charge in [-0.05, 0) is 69.3 Å². The molecule has 7 heteroatoms. The average Bonchev–Trinajstić information content (AvgIpc) is 3.47. The number of aryl methyl sites for hydroxylation is 1. The number of nitrogens with zero attached hydrogens (tertiary/aromatic N) is 3. The highest BCUT2D eigenvalue weighted by Gasteiger charge is 2.14. The van der Waals surface area contributed by atoms with Crippen molar-refractivity contribution < 1.29 is 14.3 Å². The van der Waals surface area contributed by atoms with Gasteiger partial charge in [0.15, 0.2) is 0 Å². The van der Waals surface area contributed by atoms with Crippen molar-refractivity contribution in [2.75, 3.05) is 6.61 Å². The molecule has 0 saturated heterocycles. The molecule has 4 aromatic rings. The first-order valence-corrected chi connectivity index (χ1v) is 11.0. The second-order valence-corrected chi connectivity index (χ2v) is 7.74. The van der Waals surface area contributed by atoms with Gasteiger partial charge in [0.05, 0.1) is 29.6 Å². The van der Waals surface area contributed by atoms with Crippen LogP contribution in [0.4, 0.5) is 0 Å². The van der Waals surface area contributed by atoms with Gasteiger partial charge in [0.1, 0.15) is 0 Å². The average molecular weight is 455 g/mol. The number of rotatable bonds is 7. The van der Waals surface area contributed by atoms with Crippen LogP contribution in [0.3, 0.4) is 0 Å². The molecule has 7 nitrogen and oxygen atoms in total. The molecule has 0 fully saturated rings. The third-order valence-electron chi connectivity index (χ3n) is 5.49. The molecular formula is C27H26N4O3. The summed E-state index contributed by atoms with van der Waals surface area (Å²) in [4.78, 5) is 24.9. The van der Waals surface area contributed by atoms with Gasteiger partial charge in [0.2, 0.25) is 0 Å². The Bertz CT molecular complexity index is 1350. The van der Waals surface area contributed by atoms with Gasteiger partial charge in [0, 0.05) is 35.0 Å². The molecule has 4 rings (SSSR count). The molecule has 2 heterocycles. The van der Waals surface area contributed by atoms with E-state index in [1.165, 1.54) is 0 Å². The van der Waals surface area contributed by atoms with Crippen molar-refractivity contribution in [3.63, 3.8) is 0 Å². The second-order valence-electron chi connectivity index (χ2n) is 7.74. The summed E-state index contributed by atoms with van der Waals surface area (Å²) in [6.45, 7) is 6.06. The monoisotopic (exact) mass is 454 g/mol. The molecule has 172 valence electrons. The number of hydrazone groups is 1. The largest absolute Gasteiger partial charge is 0.462 e. The maximum Gasteiger partial charge on any atom is 0.338 e. The van der Waals surface area contributed by atoms with E-state index >= 15 is 0 Å². The smallest absolute Gasteiger partial charge is 0.338 e. The van der Waals surface area contributed by atoms with Crippen LogP contribution in [0.25, 0.3) is 11.4 Å². The van der Waals surface area contributed by atoms with E-state index < -0.39 is 0 Å². The number of aromatic nitrogens is 2. The fourth-order valence-corrected chi connectivity index (χ4v) is 3.91. The van der Waals surface area contributed by atoms with Crippen LogP contribution in [0.15, 0.2) is 84.2 Å². The summed E-state index contributed by atoms with van der Waals surface area (Å²) in [5.41, 5.74) is 8.05. The van der Waals surface area contributed by atoms with Crippen LogP contribution in [0, 0.1) is 13.8 Å². The molecule has 2 aromatic carbocycles. The van der Waals surface area contributed by atoms with Crippen LogP contribution in [0.1, 0.15) is 44.6 Å². The number of nitrogens with one attached hydrogen (secondary N) is 1. The lowest BCUT2D eigenvalue weighted by molar-refractivity contribution is 0.0526. The zero-order valence-electron chi connectivity index (χ0n) is 19.4. The van der Waals surface area contributed by atoms with Crippen LogP contribution < -0.4 is 5.43 Å². The Morgan fingerprint density at radius 1 is 1.00 bits per heavy atom. The standard InChI is InChI=1S/C27H26N4O3/c1-4-34-27(33)21-10-9-11-23(17-21)31-19(2)16-22(20(31)3)18-28-29-26(32)24-12-5-6-13-25(24)30-14-7-8-15-30/h5-18H,4H2,1-3H3,(H,29,32)/b28-18-. The molecule has 0 atom stereocenters. The molecule has 34 heavy (non-hydrogen) atoms. The number of ether oxygens (including phenoxy) is 1. The van der Waals surface area contributed by atoms with Crippen molar-refractivity contribution in [3.05, 3.63) is 107 Å². The molecule has 0 aliphatic rings. The molecule has 1 amide bonds. The van der Waals surface area contributed by atoms with E-state index in [0.29, 0.717) is 17.7 Å². The summed E-state index contributed by atoms with van der Waals surface area (Å²) in [5.74, 6) is -0.645. The number of hydrogen-bond acceptors (Lipinski definition) is 4. The molecule has 2 aromatic heterocycles. The fraction of sp³-hybridized carbons (Fsp3) is 0.148. The number of carbonyl (C=O) groups is 2. The second kappa shape index (κ2) is 10.0. The Labute approximate surface area is 198 Å². The first-order chi connectivity index (χ1) is 16.5. The predicted octanol–water partition coefficient (Wildman–Crippen LogP) is 4.83. The third kappa shape index (κ3) is 4.68. The van der Waals surface area contributed by atoms with Crippen molar-refractivity contribution in [1.29, 1.82) is 0 Å². The van der Waals surface area contributed by atoms with E-state index in [0.717, 1.165) is 28.3 Å². The number of hydrogen-bond donors (Lipinski definition) is 1. The first-order valence-electron chi connectivity index (χ1n) is 11.0. The van der Waals surface area contributed by atoms with E-state index in [2.05, 4.69) is 10.5 Å². The highest BCUT2D eigenvalue weighted by atomic mass is 16.5. The zero-order valence-corrected chi connectivity index (χ0v) is 19.4. The van der Waals surface area contributed by atoms with Crippen molar-refractivity contribution in [2.45, 2.75) is 20.8 Å². The van der Waals surface area contributed by atoms with Gasteiger partial charge >= 0.3 is 5.97 Å². The van der Waals surface area contributed by atoms with Crippen molar-refractivity contribution in [1.82, 2.24) is 14.6 Å². The van der Waals surface area contributed by atoms with Crippen LogP contribution in [-0.4, -0.2) is 33.8 Å². The Hall–Kier alpha value is -4.39. The van der Waals surface area contributed by atoms with Crippen LogP contribution in [-0.2, 0) is 4.74 Å². The minimum absolute atomic E-state index is 0.295. The third-order valence-corrected chi connectivity index (χ3v) is 5.49. The fourth-order valence-electron chi connectivity index (χ4n) is 3.91. The van der Waals surface area contributed by atoms with Crippen LogP contribution in [0.2, 0.25) is 0 Å². The zero-order chi connectivity index (χ0) is 24.1. The highest BCUT2D eigenvalue weighted by Crippen LogP contribution is 2.21. The Morgan fingerprint density at radius 3 is 2.53 bits per heavy atom. The Morgan fingerprint density at radius 2 is 1.76 bits per heavy atom. The normalized spacial score (nSPS) is 11.0. The summed E-state index contributed by atoms with van der Waals surface area (Å²) in [7, 11) is 0. The lowest BCUT2D eigenvalue weighted by Crippen LogP contribution is -2.19. The minimum atomic E-state index is -0.350. The molecule has 0 saturated carbocycles. The van der Waals surface area contributed by atoms with E-state index in [4.69, 9.17) is 4.74 Å². The van der Waals surface area contributed by atoms with Gasteiger partial charge in [0.25, 0.3) is 5.91 Å². The summed E-state index contributed by atoms with van der Waals surface area (Å²) in [6, 6.07) is 20.5. The maximum atomic E-state index is 12.8. The van der Waals surface area contributed by atoms with Gasteiger partial charge in [-0.3, -0.25) is 4.79 Å². The van der Waals surface area contributed by atoms with Crippen LogP contribution >= 0.6 is 0 Å². The predicted molar refractivity (Wildman–Crippen MR) is 132 cm³/mol. The lowest BCUT2D eigenvalue weighted by Gasteiger charge is -2.11. The van der Waals surface area contributed by atoms with E-state index in [1.54, 1.807) is 31.3 Å². The SMILES string of the molecule is CCOC(=O)c1cccc(-n2c(C)cc(/C=N\NC(=O)c3ccccc3-n3cccc3)c2C)c1. The molecular weight excluding hydrogens is 428 g/mol. The molecule has 0 unspecified atom stereocenters. The first kappa shape index (κ1) is 22.8. The van der Waals surface area contributed by atoms with Gasteiger partial charge in [-0.15, -0.1) is 0 Å². The molecule has 0 spiro atoms. The summed E-state index contributed by atoms with van der Waals surface area (Å²) in [6.07, 6.45) is 5.41. The topological polar surface area (TPSA) is 77.6 Å². The molecule has 1 N–H and O–H groups in total. The van der Waals surface area contributed by atoms with E-state index in [9.17, 15) is 9.59 Å². The Balaban J connectivity index is 1.54. The number of carbonyl (C=O) groups excluding carboxylic acids is 2. The molecule has 0 aliphatic heterocycles. The van der Waals surface area contributed by atoms with E-state index in [-0.39, 0.29) is 11.9 Å². The van der Waals surface area contributed by atoms with Crippen molar-refractivity contribution in [3.8, 4) is 11.4 Å².